The van der Waals surface area contributed by atoms with Gasteiger partial charge in [0.1, 0.15) is 5.75 Å². The number of aliphatic hydroxyl groups is 1. The molecule has 0 spiro atoms. The first kappa shape index (κ1) is 15.4. The zero-order valence-electron chi connectivity index (χ0n) is 11.7. The van der Waals surface area contributed by atoms with E-state index in [1.54, 1.807) is 25.3 Å². The van der Waals surface area contributed by atoms with E-state index in [-0.39, 0.29) is 12.5 Å². The van der Waals surface area contributed by atoms with Gasteiger partial charge in [-0.25, -0.2) is 0 Å². The van der Waals surface area contributed by atoms with Crippen molar-refractivity contribution in [2.45, 2.75) is 11.5 Å². The number of methoxy groups -OCH3 is 1. The zero-order chi connectivity index (χ0) is 15.1. The number of carbonyl (C=O) groups is 1. The lowest BCUT2D eigenvalue weighted by Gasteiger charge is -2.07. The molecule has 0 saturated heterocycles. The highest BCUT2D eigenvalue weighted by Crippen LogP contribution is 2.21. The lowest BCUT2D eigenvalue weighted by atomic mass is 10.2. The first-order valence-corrected chi connectivity index (χ1v) is 7.46. The van der Waals surface area contributed by atoms with Gasteiger partial charge < -0.3 is 15.2 Å². The predicted octanol–water partition coefficient (Wildman–Crippen LogP) is 2.92. The number of rotatable bonds is 6. The van der Waals surface area contributed by atoms with Gasteiger partial charge in [0.25, 0.3) is 0 Å². The van der Waals surface area contributed by atoms with E-state index in [1.165, 1.54) is 11.8 Å². The Labute approximate surface area is 128 Å². The summed E-state index contributed by atoms with van der Waals surface area (Å²) < 4.78 is 5.09. The van der Waals surface area contributed by atoms with Crippen LogP contribution < -0.4 is 10.1 Å². The van der Waals surface area contributed by atoms with Crippen molar-refractivity contribution in [2.75, 3.05) is 18.2 Å². The molecule has 0 aliphatic carbocycles. The molecule has 1 amide bonds. The molecular weight excluding hydrogens is 286 g/mol. The van der Waals surface area contributed by atoms with Crippen molar-refractivity contribution in [3.8, 4) is 5.75 Å². The smallest absolute Gasteiger partial charge is 0.234 e. The summed E-state index contributed by atoms with van der Waals surface area (Å²) in [6.45, 7) is -0.0374. The number of nitrogens with one attached hydrogen (secondary N) is 1. The summed E-state index contributed by atoms with van der Waals surface area (Å²) in [6.07, 6.45) is 0. The molecule has 0 bridgehead atoms. The second-order valence-electron chi connectivity index (χ2n) is 4.37. The van der Waals surface area contributed by atoms with Crippen LogP contribution in [0.1, 0.15) is 5.56 Å². The number of benzene rings is 2. The maximum atomic E-state index is 11.9. The van der Waals surface area contributed by atoms with Crippen molar-refractivity contribution in [2.24, 2.45) is 0 Å². The third kappa shape index (κ3) is 4.81. The summed E-state index contributed by atoms with van der Waals surface area (Å²) >= 11 is 1.46. The van der Waals surface area contributed by atoms with Crippen LogP contribution in [0, 0.1) is 0 Å². The number of anilines is 1. The highest BCUT2D eigenvalue weighted by atomic mass is 32.2. The molecule has 2 rings (SSSR count). The van der Waals surface area contributed by atoms with Crippen LogP contribution in [-0.4, -0.2) is 23.9 Å². The second-order valence-corrected chi connectivity index (χ2v) is 5.42. The molecule has 0 atom stereocenters. The Morgan fingerprint density at radius 1 is 1.24 bits per heavy atom. The van der Waals surface area contributed by atoms with Gasteiger partial charge in [-0.15, -0.1) is 11.8 Å². The van der Waals surface area contributed by atoms with Crippen LogP contribution in [0.4, 0.5) is 5.69 Å². The first-order valence-electron chi connectivity index (χ1n) is 6.48. The summed E-state index contributed by atoms with van der Waals surface area (Å²) in [5.41, 5.74) is 1.47. The quantitative estimate of drug-likeness (QED) is 0.806. The van der Waals surface area contributed by atoms with Crippen LogP contribution in [-0.2, 0) is 11.4 Å². The molecule has 4 nitrogen and oxygen atoms in total. The predicted molar refractivity (Wildman–Crippen MR) is 84.7 cm³/mol. The molecule has 0 aliphatic rings. The zero-order valence-corrected chi connectivity index (χ0v) is 12.5. The van der Waals surface area contributed by atoms with Crippen LogP contribution in [0.3, 0.4) is 0 Å². The standard InChI is InChI=1S/C16H17NO3S/c1-20-14-5-7-15(8-6-14)21-11-16(19)17-13-4-2-3-12(9-13)10-18/h2-9,18H,10-11H2,1H3,(H,17,19). The van der Waals surface area contributed by atoms with E-state index in [0.29, 0.717) is 11.4 Å². The monoisotopic (exact) mass is 303 g/mol. The fourth-order valence-corrected chi connectivity index (χ4v) is 2.46. The fourth-order valence-electron chi connectivity index (χ4n) is 1.77. The third-order valence-corrected chi connectivity index (χ3v) is 3.83. The molecule has 2 N–H and O–H groups in total. The Kier molecular flexibility index (Phi) is 5.66. The molecular formula is C16H17NO3S. The summed E-state index contributed by atoms with van der Waals surface area (Å²) in [5, 5.41) is 11.9. The van der Waals surface area contributed by atoms with Crippen LogP contribution in [0.5, 0.6) is 5.75 Å². The van der Waals surface area contributed by atoms with Crippen molar-refractivity contribution in [3.05, 3.63) is 54.1 Å². The lowest BCUT2D eigenvalue weighted by Crippen LogP contribution is -2.14. The second kappa shape index (κ2) is 7.71. The van der Waals surface area contributed by atoms with Crippen LogP contribution in [0.15, 0.2) is 53.4 Å². The molecule has 2 aromatic rings. The van der Waals surface area contributed by atoms with E-state index >= 15 is 0 Å². The Hall–Kier alpha value is -1.98. The highest BCUT2D eigenvalue weighted by Gasteiger charge is 2.04. The Bertz CT molecular complexity index is 599. The van der Waals surface area contributed by atoms with Gasteiger partial charge in [-0.2, -0.15) is 0 Å². The fraction of sp³-hybridized carbons (Fsp3) is 0.188. The number of hydrogen-bond acceptors (Lipinski definition) is 4. The van der Waals surface area contributed by atoms with Gasteiger partial charge in [0.15, 0.2) is 0 Å². The van der Waals surface area contributed by atoms with E-state index in [0.717, 1.165) is 16.2 Å². The largest absolute Gasteiger partial charge is 0.497 e. The number of ether oxygens (including phenoxy) is 1. The molecule has 0 aromatic heterocycles. The van der Waals surface area contributed by atoms with Crippen LogP contribution in [0.2, 0.25) is 0 Å². The van der Waals surface area contributed by atoms with Crippen LogP contribution >= 0.6 is 11.8 Å². The van der Waals surface area contributed by atoms with E-state index in [2.05, 4.69) is 5.32 Å². The van der Waals surface area contributed by atoms with E-state index in [4.69, 9.17) is 9.84 Å². The topological polar surface area (TPSA) is 58.6 Å². The molecule has 110 valence electrons. The molecule has 0 heterocycles. The van der Waals surface area contributed by atoms with E-state index in [1.807, 2.05) is 30.3 Å². The molecule has 0 saturated carbocycles. The van der Waals surface area contributed by atoms with Gasteiger partial charge >= 0.3 is 0 Å². The van der Waals surface area contributed by atoms with Crippen molar-refractivity contribution >= 4 is 23.4 Å². The van der Waals surface area contributed by atoms with E-state index in [9.17, 15) is 4.79 Å². The van der Waals surface area contributed by atoms with Crippen molar-refractivity contribution < 1.29 is 14.6 Å². The summed E-state index contributed by atoms with van der Waals surface area (Å²) in [5.74, 6) is 1.05. The molecule has 0 unspecified atom stereocenters. The minimum absolute atomic E-state index is 0.0374. The highest BCUT2D eigenvalue weighted by molar-refractivity contribution is 8.00. The number of aliphatic hydroxyl groups excluding tert-OH is 1. The minimum atomic E-state index is -0.0779. The maximum absolute atomic E-state index is 11.9. The van der Waals surface area contributed by atoms with Crippen molar-refractivity contribution in [3.63, 3.8) is 0 Å². The van der Waals surface area contributed by atoms with Gasteiger partial charge in [0.05, 0.1) is 19.5 Å². The number of carbonyl (C=O) groups excluding carboxylic acids is 1. The molecule has 5 heteroatoms. The summed E-state index contributed by atoms with van der Waals surface area (Å²) in [7, 11) is 1.62. The van der Waals surface area contributed by atoms with Gasteiger partial charge in [-0.05, 0) is 42.0 Å². The summed E-state index contributed by atoms with van der Waals surface area (Å²) in [4.78, 5) is 12.9. The lowest BCUT2D eigenvalue weighted by molar-refractivity contribution is -0.113. The van der Waals surface area contributed by atoms with Gasteiger partial charge in [-0.3, -0.25) is 4.79 Å². The average Bonchev–Trinajstić information content (AvgIpc) is 2.53. The van der Waals surface area contributed by atoms with Crippen molar-refractivity contribution in [1.29, 1.82) is 0 Å². The average molecular weight is 303 g/mol. The van der Waals surface area contributed by atoms with Gasteiger partial charge in [0.2, 0.25) is 5.91 Å². The molecule has 21 heavy (non-hydrogen) atoms. The van der Waals surface area contributed by atoms with E-state index < -0.39 is 0 Å². The Morgan fingerprint density at radius 2 is 2.00 bits per heavy atom. The normalized spacial score (nSPS) is 10.2. The maximum Gasteiger partial charge on any atom is 0.234 e. The number of amides is 1. The first-order chi connectivity index (χ1) is 10.2. The molecule has 0 aliphatic heterocycles. The SMILES string of the molecule is COc1ccc(SCC(=O)Nc2cccc(CO)c2)cc1. The minimum Gasteiger partial charge on any atom is -0.497 e. The van der Waals surface area contributed by atoms with Gasteiger partial charge in [-0.1, -0.05) is 12.1 Å². The Morgan fingerprint density at radius 3 is 2.67 bits per heavy atom. The van der Waals surface area contributed by atoms with Gasteiger partial charge in [0, 0.05) is 10.6 Å². The third-order valence-electron chi connectivity index (χ3n) is 2.82. The molecule has 2 aromatic carbocycles. The molecule has 0 radical (unpaired) electrons. The molecule has 0 fully saturated rings. The van der Waals surface area contributed by atoms with Crippen LogP contribution in [0.25, 0.3) is 0 Å². The summed E-state index contributed by atoms with van der Waals surface area (Å²) in [6, 6.07) is 14.7. The number of hydrogen-bond donors (Lipinski definition) is 2. The van der Waals surface area contributed by atoms with Crippen molar-refractivity contribution in [1.82, 2.24) is 0 Å². The Balaban J connectivity index is 1.86. The number of thioether (sulfide) groups is 1.